The van der Waals surface area contributed by atoms with E-state index in [2.05, 4.69) is 194 Å². The summed E-state index contributed by atoms with van der Waals surface area (Å²) in [4.78, 5) is 15.1. The summed E-state index contributed by atoms with van der Waals surface area (Å²) in [6, 6.07) is 78.9. The van der Waals surface area contributed by atoms with Crippen LogP contribution in [-0.2, 0) is 0 Å². The monoisotopic (exact) mass is 803 g/mol. The number of fused-ring (bicyclic) bond motifs is 6. The van der Waals surface area contributed by atoms with E-state index in [1.807, 2.05) is 30.3 Å². The molecule has 0 atom stereocenters. The van der Waals surface area contributed by atoms with Gasteiger partial charge in [-0.1, -0.05) is 182 Å². The van der Waals surface area contributed by atoms with Gasteiger partial charge in [0.1, 0.15) is 11.2 Å². The van der Waals surface area contributed by atoms with E-state index in [4.69, 9.17) is 19.4 Å². The second kappa shape index (κ2) is 15.2. The van der Waals surface area contributed by atoms with Gasteiger partial charge in [-0.15, -0.1) is 0 Å². The highest BCUT2D eigenvalue weighted by atomic mass is 16.3. The third-order valence-corrected chi connectivity index (χ3v) is 12.1. The molecule has 0 aliphatic carbocycles. The molecule has 0 saturated carbocycles. The highest BCUT2D eigenvalue weighted by Crippen LogP contribution is 2.42. The van der Waals surface area contributed by atoms with Gasteiger partial charge in [-0.25, -0.2) is 15.0 Å². The summed E-state index contributed by atoms with van der Waals surface area (Å²) in [6.07, 6.45) is 0. The van der Waals surface area contributed by atoms with E-state index in [0.717, 1.165) is 77.0 Å². The maximum Gasteiger partial charge on any atom is 0.164 e. The second-order valence-electron chi connectivity index (χ2n) is 16.0. The molecular weight excluding hydrogens is 767 g/mol. The van der Waals surface area contributed by atoms with Crippen molar-refractivity contribution >= 4 is 43.5 Å². The van der Waals surface area contributed by atoms with Crippen molar-refractivity contribution in [2.45, 2.75) is 0 Å². The van der Waals surface area contributed by atoms with Gasteiger partial charge in [0.25, 0.3) is 0 Å². The number of aromatic nitrogens is 3. The highest BCUT2D eigenvalue weighted by Gasteiger charge is 2.18. The van der Waals surface area contributed by atoms with E-state index in [9.17, 15) is 0 Å². The van der Waals surface area contributed by atoms with Gasteiger partial charge in [0.05, 0.1) is 0 Å². The van der Waals surface area contributed by atoms with Gasteiger partial charge in [-0.05, 0) is 103 Å². The summed E-state index contributed by atoms with van der Waals surface area (Å²) in [5, 5.41) is 6.70. The smallest absolute Gasteiger partial charge is 0.164 e. The van der Waals surface area contributed by atoms with Gasteiger partial charge in [0.2, 0.25) is 0 Å². The predicted molar refractivity (Wildman–Crippen MR) is 260 cm³/mol. The highest BCUT2D eigenvalue weighted by molar-refractivity contribution is 6.19. The molecule has 0 bridgehead atoms. The van der Waals surface area contributed by atoms with Crippen molar-refractivity contribution < 1.29 is 4.42 Å². The molecule has 0 unspecified atom stereocenters. The Hall–Kier alpha value is -8.47. The summed E-state index contributed by atoms with van der Waals surface area (Å²) in [6.45, 7) is 0. The van der Waals surface area contributed by atoms with E-state index in [0.29, 0.717) is 17.5 Å². The van der Waals surface area contributed by atoms with Crippen LogP contribution in [-0.4, -0.2) is 15.0 Å². The first kappa shape index (κ1) is 36.4. The Morgan fingerprint density at radius 2 is 0.730 bits per heavy atom. The van der Waals surface area contributed by atoms with Gasteiger partial charge in [0.15, 0.2) is 17.5 Å². The van der Waals surface area contributed by atoms with Crippen LogP contribution < -0.4 is 0 Å². The van der Waals surface area contributed by atoms with Gasteiger partial charge in [-0.2, -0.15) is 0 Å². The average molecular weight is 804 g/mol. The normalized spacial score (nSPS) is 11.5. The number of nitrogens with zero attached hydrogens (tertiary/aromatic N) is 3. The summed E-state index contributed by atoms with van der Waals surface area (Å²) in [5.74, 6) is 1.90. The SMILES string of the molecule is c1ccc(-c2cc(-c3ccccc3)cc(-c3ccc4c(c3)oc3c5ccccc5c(-c5ccc(-c6nc(-c7ccccc7)nc(-c7ccc8ccccc8c7)n6)cc5)cc43)c2)cc1. The van der Waals surface area contributed by atoms with Crippen LogP contribution in [0.25, 0.3) is 122 Å². The molecule has 12 rings (SSSR count). The zero-order valence-corrected chi connectivity index (χ0v) is 34.1. The van der Waals surface area contributed by atoms with Gasteiger partial charge in [0, 0.05) is 32.8 Å². The van der Waals surface area contributed by atoms with Crippen LogP contribution in [0.4, 0.5) is 0 Å². The minimum absolute atomic E-state index is 0.626. The van der Waals surface area contributed by atoms with Gasteiger partial charge >= 0.3 is 0 Å². The standard InChI is InChI=1S/C59H37N3O/c1-4-14-38(15-5-1)47-33-48(39-16-6-2-7-17-39)35-49(34-47)45-30-31-51-54-37-53(50-22-12-13-23-52(50)56(54)63-55(51)36-45)41-25-27-43(28-26-41)58-60-57(42-19-8-3-9-20-42)61-59(62-58)46-29-24-40-18-10-11-21-44(40)32-46/h1-37H. The van der Waals surface area contributed by atoms with Crippen molar-refractivity contribution in [3.05, 3.63) is 224 Å². The minimum atomic E-state index is 0.626. The Morgan fingerprint density at radius 3 is 1.38 bits per heavy atom. The zero-order chi connectivity index (χ0) is 41.7. The molecule has 12 aromatic rings. The van der Waals surface area contributed by atoms with Crippen molar-refractivity contribution in [1.82, 2.24) is 15.0 Å². The van der Waals surface area contributed by atoms with Crippen molar-refractivity contribution in [1.29, 1.82) is 0 Å². The molecule has 0 aliphatic rings. The first-order valence-electron chi connectivity index (χ1n) is 21.2. The maximum atomic E-state index is 6.82. The van der Waals surface area contributed by atoms with Gasteiger partial charge < -0.3 is 4.42 Å². The Bertz CT molecular complexity index is 3600. The third kappa shape index (κ3) is 6.71. The molecule has 2 aromatic heterocycles. The van der Waals surface area contributed by atoms with Crippen LogP contribution in [0.1, 0.15) is 0 Å². The van der Waals surface area contributed by atoms with Crippen LogP contribution in [0.15, 0.2) is 229 Å². The molecular formula is C59H37N3O. The fourth-order valence-corrected chi connectivity index (χ4v) is 8.88. The minimum Gasteiger partial charge on any atom is -0.455 e. The Labute approximate surface area is 364 Å². The number of hydrogen-bond donors (Lipinski definition) is 0. The summed E-state index contributed by atoms with van der Waals surface area (Å²) >= 11 is 0. The van der Waals surface area contributed by atoms with E-state index < -0.39 is 0 Å². The first-order valence-corrected chi connectivity index (χ1v) is 21.2. The Balaban J connectivity index is 0.950. The van der Waals surface area contributed by atoms with Crippen LogP contribution >= 0.6 is 0 Å². The Morgan fingerprint density at radius 1 is 0.254 bits per heavy atom. The zero-order valence-electron chi connectivity index (χ0n) is 34.1. The predicted octanol–water partition coefficient (Wildman–Crippen LogP) is 15.7. The molecule has 0 spiro atoms. The van der Waals surface area contributed by atoms with E-state index in [-0.39, 0.29) is 0 Å². The quantitative estimate of drug-likeness (QED) is 0.161. The first-order chi connectivity index (χ1) is 31.2. The molecule has 10 aromatic carbocycles. The summed E-state index contributed by atoms with van der Waals surface area (Å²) < 4.78 is 6.82. The van der Waals surface area contributed by atoms with Crippen molar-refractivity contribution in [3.8, 4) is 78.7 Å². The molecule has 0 N–H and O–H groups in total. The number of furan rings is 1. The fraction of sp³-hybridized carbons (Fsp3) is 0. The molecule has 0 fully saturated rings. The molecule has 0 radical (unpaired) electrons. The average Bonchev–Trinajstić information content (AvgIpc) is 3.75. The number of benzene rings is 10. The largest absolute Gasteiger partial charge is 0.455 e. The van der Waals surface area contributed by atoms with E-state index in [1.54, 1.807) is 0 Å². The van der Waals surface area contributed by atoms with Crippen LogP contribution in [0.2, 0.25) is 0 Å². The molecule has 294 valence electrons. The maximum absolute atomic E-state index is 6.82. The second-order valence-corrected chi connectivity index (χ2v) is 16.0. The fourth-order valence-electron chi connectivity index (χ4n) is 8.88. The molecule has 4 nitrogen and oxygen atoms in total. The van der Waals surface area contributed by atoms with Gasteiger partial charge in [-0.3, -0.25) is 0 Å². The van der Waals surface area contributed by atoms with Crippen LogP contribution in [0, 0.1) is 0 Å². The lowest BCUT2D eigenvalue weighted by molar-refractivity contribution is 0.673. The van der Waals surface area contributed by atoms with Crippen molar-refractivity contribution in [3.63, 3.8) is 0 Å². The van der Waals surface area contributed by atoms with Crippen molar-refractivity contribution in [2.75, 3.05) is 0 Å². The molecule has 63 heavy (non-hydrogen) atoms. The molecule has 0 amide bonds. The lowest BCUT2D eigenvalue weighted by Gasteiger charge is -2.11. The molecule has 2 heterocycles. The third-order valence-electron chi connectivity index (χ3n) is 12.1. The lowest BCUT2D eigenvalue weighted by atomic mass is 9.92. The van der Waals surface area contributed by atoms with Crippen LogP contribution in [0.3, 0.4) is 0 Å². The van der Waals surface area contributed by atoms with Crippen molar-refractivity contribution in [2.24, 2.45) is 0 Å². The van der Waals surface area contributed by atoms with E-state index in [1.165, 1.54) is 27.6 Å². The topological polar surface area (TPSA) is 51.8 Å². The summed E-state index contributed by atoms with van der Waals surface area (Å²) in [5.41, 5.74) is 13.8. The number of rotatable bonds is 7. The molecule has 4 heteroatoms. The van der Waals surface area contributed by atoms with Crippen LogP contribution in [0.5, 0.6) is 0 Å². The lowest BCUT2D eigenvalue weighted by Crippen LogP contribution is -2.00. The Kier molecular flexibility index (Phi) is 8.79. The molecule has 0 saturated heterocycles. The summed E-state index contributed by atoms with van der Waals surface area (Å²) in [7, 11) is 0. The number of hydrogen-bond acceptors (Lipinski definition) is 4. The molecule has 0 aliphatic heterocycles. The van der Waals surface area contributed by atoms with E-state index >= 15 is 0 Å².